The van der Waals surface area contributed by atoms with E-state index in [1.165, 1.54) is 0 Å². The number of carbonyl (C=O) groups is 2. The van der Waals surface area contributed by atoms with Gasteiger partial charge in [0, 0.05) is 11.1 Å². The van der Waals surface area contributed by atoms with Gasteiger partial charge in [-0.3, -0.25) is 4.79 Å². The van der Waals surface area contributed by atoms with Crippen molar-refractivity contribution < 1.29 is 24.1 Å². The number of aliphatic carboxylic acids is 1. The van der Waals surface area contributed by atoms with Gasteiger partial charge in [0.2, 0.25) is 0 Å². The van der Waals surface area contributed by atoms with Gasteiger partial charge in [-0.2, -0.15) is 0 Å². The molecule has 1 aliphatic carbocycles. The van der Waals surface area contributed by atoms with Crippen molar-refractivity contribution in [3.63, 3.8) is 0 Å². The summed E-state index contributed by atoms with van der Waals surface area (Å²) in [6, 6.07) is 11.6. The Balaban J connectivity index is 1.83. The summed E-state index contributed by atoms with van der Waals surface area (Å²) in [5, 5.41) is 17.7. The van der Waals surface area contributed by atoms with Gasteiger partial charge in [0.1, 0.15) is 16.8 Å². The fraction of sp³-hybridized carbons (Fsp3) is 0.304. The van der Waals surface area contributed by atoms with Gasteiger partial charge in [-0.05, 0) is 64.6 Å². The molecule has 1 fully saturated rings. The zero-order chi connectivity index (χ0) is 21.1. The average molecular weight is 406 g/mol. The van der Waals surface area contributed by atoms with E-state index in [0.29, 0.717) is 45.8 Å². The number of ketones is 1. The van der Waals surface area contributed by atoms with Crippen molar-refractivity contribution in [3.8, 4) is 5.75 Å². The molecule has 2 aromatic carbocycles. The van der Waals surface area contributed by atoms with E-state index in [1.807, 2.05) is 0 Å². The summed E-state index contributed by atoms with van der Waals surface area (Å²) < 4.78 is 9.89. The summed E-state index contributed by atoms with van der Waals surface area (Å²) in [5.74, 6) is -0.481. The van der Waals surface area contributed by atoms with Crippen LogP contribution in [0.15, 0.2) is 52.7 Å². The minimum atomic E-state index is -1.14. The number of Topliss-reactive ketones (excluding diaryl/α,β-unsaturated/α-hetero) is 1. The molecule has 7 heteroatoms. The zero-order valence-electron chi connectivity index (χ0n) is 16.6. The Kier molecular flexibility index (Phi) is 5.61. The number of rotatable bonds is 7. The molecule has 3 aromatic rings. The first-order valence-corrected chi connectivity index (χ1v) is 9.94. The van der Waals surface area contributed by atoms with Gasteiger partial charge in [-0.15, -0.1) is 0 Å². The molecule has 0 unspecified atom stereocenters. The van der Waals surface area contributed by atoms with E-state index in [2.05, 4.69) is 10.3 Å². The molecule has 1 aliphatic rings. The predicted molar refractivity (Wildman–Crippen MR) is 110 cm³/mol. The van der Waals surface area contributed by atoms with Crippen LogP contribution in [0, 0.1) is 5.92 Å². The average Bonchev–Trinajstić information content (AvgIpc) is 3.44. The molecule has 7 nitrogen and oxygen atoms in total. The van der Waals surface area contributed by atoms with Crippen molar-refractivity contribution in [3.05, 3.63) is 59.2 Å². The Morgan fingerprint density at radius 3 is 2.37 bits per heavy atom. The third kappa shape index (κ3) is 3.96. The maximum absolute atomic E-state index is 13.5. The van der Waals surface area contributed by atoms with Crippen molar-refractivity contribution >= 4 is 28.4 Å². The van der Waals surface area contributed by atoms with Gasteiger partial charge < -0.3 is 9.84 Å². The van der Waals surface area contributed by atoms with Gasteiger partial charge in [0.15, 0.2) is 5.78 Å². The van der Waals surface area contributed by atoms with Gasteiger partial charge in [0.25, 0.3) is 0 Å². The maximum atomic E-state index is 13.5. The highest BCUT2D eigenvalue weighted by Crippen LogP contribution is 2.35. The van der Waals surface area contributed by atoms with Crippen molar-refractivity contribution in [2.24, 2.45) is 5.92 Å². The molecule has 0 radical (unpaired) electrons. The van der Waals surface area contributed by atoms with Crippen LogP contribution in [-0.4, -0.2) is 34.3 Å². The summed E-state index contributed by atoms with van der Waals surface area (Å²) >= 11 is 0. The smallest absolute Gasteiger partial charge is 0.336 e. The third-order valence-electron chi connectivity index (χ3n) is 5.65. The lowest BCUT2D eigenvalue weighted by Gasteiger charge is -2.16. The normalized spacial score (nSPS) is 15.2. The first-order chi connectivity index (χ1) is 14.6. The Morgan fingerprint density at radius 2 is 1.70 bits per heavy atom. The van der Waals surface area contributed by atoms with E-state index in [1.54, 1.807) is 49.6 Å². The molecular weight excluding hydrogens is 384 g/mol. The summed E-state index contributed by atoms with van der Waals surface area (Å²) in [6.07, 6.45) is 4.64. The van der Waals surface area contributed by atoms with E-state index in [-0.39, 0.29) is 11.4 Å². The summed E-state index contributed by atoms with van der Waals surface area (Å²) in [6.45, 7) is 0. The number of aromatic nitrogens is 2. The highest BCUT2D eigenvalue weighted by molar-refractivity contribution is 6.26. The number of carbonyl (C=O) groups excluding carboxylic acids is 1. The van der Waals surface area contributed by atoms with E-state index in [0.717, 1.165) is 25.7 Å². The zero-order valence-corrected chi connectivity index (χ0v) is 16.6. The molecule has 0 spiro atoms. The molecule has 1 heterocycles. The van der Waals surface area contributed by atoms with Crippen LogP contribution in [0.4, 0.5) is 0 Å². The highest BCUT2D eigenvalue weighted by Gasteiger charge is 2.27. The van der Waals surface area contributed by atoms with Crippen LogP contribution in [0.2, 0.25) is 0 Å². The molecule has 0 saturated heterocycles. The highest BCUT2D eigenvalue weighted by atomic mass is 16.6. The molecule has 1 aromatic heterocycles. The maximum Gasteiger partial charge on any atom is 0.336 e. The van der Waals surface area contributed by atoms with Gasteiger partial charge in [-0.1, -0.05) is 31.7 Å². The number of hydrogen-bond donors (Lipinski definition) is 1. The number of methoxy groups -OCH3 is 1. The third-order valence-corrected chi connectivity index (χ3v) is 5.65. The van der Waals surface area contributed by atoms with E-state index >= 15 is 0 Å². The van der Waals surface area contributed by atoms with E-state index < -0.39 is 5.97 Å². The quantitative estimate of drug-likeness (QED) is 0.454. The van der Waals surface area contributed by atoms with Gasteiger partial charge in [-0.25, -0.2) is 9.42 Å². The van der Waals surface area contributed by atoms with Crippen molar-refractivity contribution in [1.29, 1.82) is 0 Å². The molecule has 154 valence electrons. The first-order valence-electron chi connectivity index (χ1n) is 9.94. The molecule has 0 bridgehead atoms. The van der Waals surface area contributed by atoms with Crippen molar-refractivity contribution in [1.82, 2.24) is 10.3 Å². The first kappa shape index (κ1) is 19.8. The number of carboxylic acid groups (broad SMARTS) is 1. The van der Waals surface area contributed by atoms with Gasteiger partial charge >= 0.3 is 5.97 Å². The largest absolute Gasteiger partial charge is 0.497 e. The Morgan fingerprint density at radius 1 is 1.03 bits per heavy atom. The molecule has 1 saturated carbocycles. The molecular formula is C23H22N2O5. The number of hydrogen-bond acceptors (Lipinski definition) is 6. The van der Waals surface area contributed by atoms with Crippen LogP contribution in [0.1, 0.15) is 48.0 Å². The SMILES string of the molecule is COc1ccc(C(=O)/C(CC2CCCC2)=C(/C(=O)O)c2ccc3nonc3c2)cc1. The van der Waals surface area contributed by atoms with Crippen LogP contribution in [0.5, 0.6) is 5.75 Å². The lowest BCUT2D eigenvalue weighted by atomic mass is 9.86. The minimum Gasteiger partial charge on any atom is -0.497 e. The number of nitrogens with zero attached hydrogens (tertiary/aromatic N) is 2. The Hall–Kier alpha value is -3.48. The number of benzene rings is 2. The second-order valence-corrected chi connectivity index (χ2v) is 7.54. The molecule has 30 heavy (non-hydrogen) atoms. The molecule has 0 aliphatic heterocycles. The van der Waals surface area contributed by atoms with Crippen LogP contribution < -0.4 is 4.74 Å². The van der Waals surface area contributed by atoms with Crippen LogP contribution in [-0.2, 0) is 4.79 Å². The number of carboxylic acids is 1. The monoisotopic (exact) mass is 406 g/mol. The predicted octanol–water partition coefficient (Wildman–Crippen LogP) is 4.53. The number of ether oxygens (including phenoxy) is 1. The summed E-state index contributed by atoms with van der Waals surface area (Å²) in [5.41, 5.74) is 2.15. The topological polar surface area (TPSA) is 103 Å². The van der Waals surface area contributed by atoms with Crippen molar-refractivity contribution in [2.75, 3.05) is 7.11 Å². The molecule has 1 N–H and O–H groups in total. The number of fused-ring (bicyclic) bond motifs is 1. The molecule has 0 atom stereocenters. The Labute approximate surface area is 173 Å². The second kappa shape index (κ2) is 8.49. The van der Waals surface area contributed by atoms with Crippen LogP contribution in [0.25, 0.3) is 16.6 Å². The van der Waals surface area contributed by atoms with E-state index in [9.17, 15) is 14.7 Å². The van der Waals surface area contributed by atoms with Gasteiger partial charge in [0.05, 0.1) is 12.7 Å². The lowest BCUT2D eigenvalue weighted by molar-refractivity contribution is -0.130. The van der Waals surface area contributed by atoms with Crippen LogP contribution in [0.3, 0.4) is 0 Å². The lowest BCUT2D eigenvalue weighted by Crippen LogP contribution is -2.14. The fourth-order valence-electron chi connectivity index (χ4n) is 4.09. The Bertz CT molecular complexity index is 1110. The summed E-state index contributed by atoms with van der Waals surface area (Å²) in [7, 11) is 1.56. The second-order valence-electron chi connectivity index (χ2n) is 7.54. The van der Waals surface area contributed by atoms with Crippen LogP contribution >= 0.6 is 0 Å². The number of allylic oxidation sites excluding steroid dienone is 1. The minimum absolute atomic E-state index is 0.00705. The molecule has 4 rings (SSSR count). The fourth-order valence-corrected chi connectivity index (χ4v) is 4.09. The van der Waals surface area contributed by atoms with Crippen molar-refractivity contribution in [2.45, 2.75) is 32.1 Å². The standard InChI is InChI=1S/C23H22N2O5/c1-29-17-9-6-15(7-10-17)22(26)18(12-14-4-2-3-5-14)21(23(27)28)16-8-11-19-20(13-16)25-30-24-19/h6-11,13-14H,2-5,12H2,1H3,(H,27,28)/b21-18+. The van der Waals surface area contributed by atoms with E-state index in [4.69, 9.17) is 9.37 Å². The molecule has 0 amide bonds. The summed E-state index contributed by atoms with van der Waals surface area (Å²) in [4.78, 5) is 25.8.